The van der Waals surface area contributed by atoms with Crippen LogP contribution in [0.25, 0.3) is 0 Å². The summed E-state index contributed by atoms with van der Waals surface area (Å²) in [5.41, 5.74) is 2.23. The molecular formula is C21H22F3N3O3S. The van der Waals surface area contributed by atoms with E-state index in [0.29, 0.717) is 6.07 Å². The van der Waals surface area contributed by atoms with Crippen LogP contribution in [0.15, 0.2) is 58.5 Å². The summed E-state index contributed by atoms with van der Waals surface area (Å²) in [6, 6.07) is 9.10. The van der Waals surface area contributed by atoms with Crippen molar-refractivity contribution in [1.29, 1.82) is 0 Å². The summed E-state index contributed by atoms with van der Waals surface area (Å²) in [6.45, 7) is 0. The van der Waals surface area contributed by atoms with E-state index in [-0.39, 0.29) is 16.1 Å². The Hall–Kier alpha value is -2.88. The Morgan fingerprint density at radius 1 is 0.935 bits per heavy atom. The Bertz CT molecular complexity index is 1070. The fourth-order valence-corrected chi connectivity index (χ4v) is 4.32. The van der Waals surface area contributed by atoms with Gasteiger partial charge in [0.25, 0.3) is 15.9 Å². The molecule has 0 aliphatic heterocycles. The summed E-state index contributed by atoms with van der Waals surface area (Å²) in [4.78, 5) is 12.2. The van der Waals surface area contributed by atoms with E-state index < -0.39 is 27.7 Å². The SMILES string of the molecule is O=C(NN=C1CCCCCC1)c1cccc(S(=O)(=O)Nc2cccc(C(F)(F)F)c2)c1. The molecule has 166 valence electrons. The molecule has 0 bridgehead atoms. The zero-order valence-electron chi connectivity index (χ0n) is 16.6. The van der Waals surface area contributed by atoms with Crippen LogP contribution in [0.3, 0.4) is 0 Å². The smallest absolute Gasteiger partial charge is 0.280 e. The fraction of sp³-hybridized carbons (Fsp3) is 0.333. The largest absolute Gasteiger partial charge is 0.416 e. The molecule has 1 saturated carbocycles. The van der Waals surface area contributed by atoms with Gasteiger partial charge in [0.15, 0.2) is 0 Å². The van der Waals surface area contributed by atoms with E-state index in [1.54, 1.807) is 0 Å². The second-order valence-electron chi connectivity index (χ2n) is 7.25. The number of rotatable bonds is 5. The highest BCUT2D eigenvalue weighted by atomic mass is 32.2. The van der Waals surface area contributed by atoms with Gasteiger partial charge in [-0.15, -0.1) is 0 Å². The van der Waals surface area contributed by atoms with Gasteiger partial charge >= 0.3 is 6.18 Å². The van der Waals surface area contributed by atoms with E-state index in [1.807, 2.05) is 0 Å². The molecule has 6 nitrogen and oxygen atoms in total. The van der Waals surface area contributed by atoms with Crippen molar-refractivity contribution in [2.24, 2.45) is 5.10 Å². The van der Waals surface area contributed by atoms with Crippen molar-refractivity contribution in [3.63, 3.8) is 0 Å². The van der Waals surface area contributed by atoms with Gasteiger partial charge in [0.05, 0.1) is 10.5 Å². The zero-order chi connectivity index (χ0) is 22.5. The van der Waals surface area contributed by atoms with Crippen LogP contribution in [0.1, 0.15) is 54.4 Å². The minimum absolute atomic E-state index is 0.0740. The first-order chi connectivity index (χ1) is 14.6. The molecule has 0 heterocycles. The summed E-state index contributed by atoms with van der Waals surface area (Å²) >= 11 is 0. The molecule has 0 aromatic heterocycles. The lowest BCUT2D eigenvalue weighted by atomic mass is 10.2. The molecule has 0 radical (unpaired) electrons. The number of nitrogens with zero attached hydrogens (tertiary/aromatic N) is 1. The zero-order valence-corrected chi connectivity index (χ0v) is 17.4. The van der Waals surface area contributed by atoms with Gasteiger partial charge in [0, 0.05) is 17.0 Å². The summed E-state index contributed by atoms with van der Waals surface area (Å²) in [6.07, 6.45) is 1.33. The standard InChI is InChI=1S/C21H22F3N3O3S/c22-21(23,24)16-8-6-11-18(14-16)27-31(29,30)19-12-5-7-15(13-19)20(28)26-25-17-9-3-1-2-4-10-17/h5-8,11-14,27H,1-4,9-10H2,(H,26,28). The monoisotopic (exact) mass is 453 g/mol. The molecule has 1 fully saturated rings. The van der Waals surface area contributed by atoms with Crippen molar-refractivity contribution in [2.45, 2.75) is 49.6 Å². The number of amides is 1. The minimum Gasteiger partial charge on any atom is -0.280 e. The van der Waals surface area contributed by atoms with Gasteiger partial charge in [-0.3, -0.25) is 9.52 Å². The topological polar surface area (TPSA) is 87.6 Å². The summed E-state index contributed by atoms with van der Waals surface area (Å²) in [7, 11) is -4.21. The molecule has 10 heteroatoms. The van der Waals surface area contributed by atoms with Crippen LogP contribution in [-0.4, -0.2) is 20.0 Å². The Balaban J connectivity index is 1.75. The second kappa shape index (κ2) is 9.51. The van der Waals surface area contributed by atoms with Gasteiger partial charge in [0.2, 0.25) is 0 Å². The number of halogens is 3. The molecule has 3 rings (SSSR count). The van der Waals surface area contributed by atoms with Crippen molar-refractivity contribution < 1.29 is 26.4 Å². The second-order valence-corrected chi connectivity index (χ2v) is 8.93. The summed E-state index contributed by atoms with van der Waals surface area (Å²) in [5, 5.41) is 4.16. The van der Waals surface area contributed by atoms with Crippen LogP contribution < -0.4 is 10.1 Å². The first kappa shape index (κ1) is 22.8. The van der Waals surface area contributed by atoms with Crippen LogP contribution in [0.2, 0.25) is 0 Å². The number of hydrogen-bond acceptors (Lipinski definition) is 4. The lowest BCUT2D eigenvalue weighted by Crippen LogP contribution is -2.20. The average molecular weight is 453 g/mol. The Morgan fingerprint density at radius 2 is 1.61 bits per heavy atom. The van der Waals surface area contributed by atoms with Crippen LogP contribution in [-0.2, 0) is 16.2 Å². The molecule has 2 N–H and O–H groups in total. The van der Waals surface area contributed by atoms with Crippen molar-refractivity contribution >= 4 is 27.3 Å². The highest BCUT2D eigenvalue weighted by Gasteiger charge is 2.30. The molecule has 1 aliphatic carbocycles. The highest BCUT2D eigenvalue weighted by molar-refractivity contribution is 7.92. The van der Waals surface area contributed by atoms with Crippen LogP contribution in [0.5, 0.6) is 0 Å². The Morgan fingerprint density at radius 3 is 2.29 bits per heavy atom. The van der Waals surface area contributed by atoms with Crippen LogP contribution in [0.4, 0.5) is 18.9 Å². The van der Waals surface area contributed by atoms with E-state index >= 15 is 0 Å². The van der Waals surface area contributed by atoms with E-state index in [1.165, 1.54) is 24.3 Å². The Labute approximate surface area is 178 Å². The van der Waals surface area contributed by atoms with E-state index in [2.05, 4.69) is 15.2 Å². The molecule has 0 saturated heterocycles. The maximum absolute atomic E-state index is 12.9. The first-order valence-electron chi connectivity index (χ1n) is 9.81. The number of hydrazone groups is 1. The summed E-state index contributed by atoms with van der Waals surface area (Å²) in [5.74, 6) is -0.562. The number of anilines is 1. The van der Waals surface area contributed by atoms with Gasteiger partial charge in [-0.2, -0.15) is 18.3 Å². The highest BCUT2D eigenvalue weighted by Crippen LogP contribution is 2.31. The normalized spacial score (nSPS) is 15.1. The lowest BCUT2D eigenvalue weighted by molar-refractivity contribution is -0.137. The van der Waals surface area contributed by atoms with E-state index in [9.17, 15) is 26.4 Å². The third kappa shape index (κ3) is 6.30. The van der Waals surface area contributed by atoms with Gasteiger partial charge in [-0.05, 0) is 62.1 Å². The molecule has 0 spiro atoms. The van der Waals surface area contributed by atoms with Gasteiger partial charge < -0.3 is 0 Å². The number of alkyl halides is 3. The number of nitrogens with one attached hydrogen (secondary N) is 2. The fourth-order valence-electron chi connectivity index (χ4n) is 3.22. The molecule has 2 aromatic carbocycles. The van der Waals surface area contributed by atoms with Gasteiger partial charge in [-0.1, -0.05) is 25.0 Å². The van der Waals surface area contributed by atoms with Crippen LogP contribution in [0, 0.1) is 0 Å². The first-order valence-corrected chi connectivity index (χ1v) is 11.3. The number of benzene rings is 2. The number of carbonyl (C=O) groups is 1. The quantitative estimate of drug-likeness (QED) is 0.496. The summed E-state index contributed by atoms with van der Waals surface area (Å²) < 4.78 is 66.0. The lowest BCUT2D eigenvalue weighted by Gasteiger charge is -2.12. The number of sulfonamides is 1. The van der Waals surface area contributed by atoms with Gasteiger partial charge in [-0.25, -0.2) is 13.8 Å². The molecule has 0 unspecified atom stereocenters. The predicted octanol–water partition coefficient (Wildman–Crippen LogP) is 4.95. The molecule has 0 atom stereocenters. The Kier molecular flexibility index (Phi) is 6.99. The maximum atomic E-state index is 12.9. The predicted molar refractivity (Wildman–Crippen MR) is 111 cm³/mol. The third-order valence-electron chi connectivity index (χ3n) is 4.84. The van der Waals surface area contributed by atoms with E-state index in [0.717, 1.165) is 62.4 Å². The average Bonchev–Trinajstić information content (AvgIpc) is 3.00. The molecule has 1 aliphatic rings. The van der Waals surface area contributed by atoms with Crippen molar-refractivity contribution in [1.82, 2.24) is 5.43 Å². The molecule has 2 aromatic rings. The van der Waals surface area contributed by atoms with E-state index in [4.69, 9.17) is 0 Å². The van der Waals surface area contributed by atoms with Crippen molar-refractivity contribution in [3.05, 3.63) is 59.7 Å². The number of carbonyl (C=O) groups excluding carboxylic acids is 1. The van der Waals surface area contributed by atoms with Gasteiger partial charge in [0.1, 0.15) is 0 Å². The maximum Gasteiger partial charge on any atom is 0.416 e. The minimum atomic E-state index is -4.60. The third-order valence-corrected chi connectivity index (χ3v) is 6.22. The van der Waals surface area contributed by atoms with Crippen LogP contribution >= 0.6 is 0 Å². The van der Waals surface area contributed by atoms with Crippen molar-refractivity contribution in [3.8, 4) is 0 Å². The molecule has 1 amide bonds. The number of hydrogen-bond donors (Lipinski definition) is 2. The van der Waals surface area contributed by atoms with Crippen molar-refractivity contribution in [2.75, 3.05) is 4.72 Å². The molecular weight excluding hydrogens is 431 g/mol. The molecule has 31 heavy (non-hydrogen) atoms.